The second-order valence-corrected chi connectivity index (χ2v) is 5.81. The fraction of sp³-hybridized carbons (Fsp3) is 0.267. The second-order valence-electron chi connectivity index (χ2n) is 4.78. The molecule has 0 unspecified atom stereocenters. The highest BCUT2D eigenvalue weighted by molar-refractivity contribution is 7.99. The van der Waals surface area contributed by atoms with E-state index in [1.54, 1.807) is 24.4 Å². The van der Waals surface area contributed by atoms with Gasteiger partial charge >= 0.3 is 0 Å². The summed E-state index contributed by atoms with van der Waals surface area (Å²) < 4.78 is 25.1. The van der Waals surface area contributed by atoms with Gasteiger partial charge in [0.25, 0.3) is 11.7 Å². The SMILES string of the molecule is CN(C)c1ccnc(CNC(=O)c2ccccc2SC(F)F)n1. The van der Waals surface area contributed by atoms with E-state index < -0.39 is 11.7 Å². The first-order valence-corrected chi connectivity index (χ1v) is 7.66. The third kappa shape index (κ3) is 4.88. The zero-order chi connectivity index (χ0) is 16.8. The molecule has 1 N–H and O–H groups in total. The third-order valence-corrected chi connectivity index (χ3v) is 3.69. The molecule has 1 aromatic carbocycles. The van der Waals surface area contributed by atoms with Crippen molar-refractivity contribution < 1.29 is 13.6 Å². The van der Waals surface area contributed by atoms with Crippen molar-refractivity contribution in [2.24, 2.45) is 0 Å². The van der Waals surface area contributed by atoms with Crippen LogP contribution in [0.1, 0.15) is 16.2 Å². The second kappa shape index (κ2) is 7.87. The molecule has 122 valence electrons. The lowest BCUT2D eigenvalue weighted by Crippen LogP contribution is -2.25. The van der Waals surface area contributed by atoms with E-state index in [1.165, 1.54) is 12.1 Å². The lowest BCUT2D eigenvalue weighted by atomic mass is 10.2. The number of carbonyl (C=O) groups is 1. The monoisotopic (exact) mass is 338 g/mol. The lowest BCUT2D eigenvalue weighted by molar-refractivity contribution is 0.0947. The number of hydrogen-bond acceptors (Lipinski definition) is 5. The summed E-state index contributed by atoms with van der Waals surface area (Å²) in [6.45, 7) is 0.119. The van der Waals surface area contributed by atoms with Crippen LogP contribution in [0.3, 0.4) is 0 Å². The number of anilines is 1. The zero-order valence-electron chi connectivity index (χ0n) is 12.7. The molecule has 5 nitrogen and oxygen atoms in total. The number of amides is 1. The van der Waals surface area contributed by atoms with Crippen molar-refractivity contribution in [1.82, 2.24) is 15.3 Å². The highest BCUT2D eigenvalue weighted by atomic mass is 32.2. The molecule has 0 aliphatic carbocycles. The van der Waals surface area contributed by atoms with Gasteiger partial charge in [0.15, 0.2) is 0 Å². The number of rotatable bonds is 6. The van der Waals surface area contributed by atoms with Gasteiger partial charge in [-0.2, -0.15) is 8.78 Å². The van der Waals surface area contributed by atoms with Crippen LogP contribution < -0.4 is 10.2 Å². The highest BCUT2D eigenvalue weighted by Crippen LogP contribution is 2.28. The predicted octanol–water partition coefficient (Wildman–Crippen LogP) is 2.79. The molecule has 1 aromatic heterocycles. The Balaban J connectivity index is 2.07. The third-order valence-electron chi connectivity index (χ3n) is 2.90. The van der Waals surface area contributed by atoms with E-state index >= 15 is 0 Å². The Bertz CT molecular complexity index is 682. The van der Waals surface area contributed by atoms with Crippen molar-refractivity contribution in [3.8, 4) is 0 Å². The van der Waals surface area contributed by atoms with Gasteiger partial charge in [0.2, 0.25) is 0 Å². The fourth-order valence-corrected chi connectivity index (χ4v) is 2.47. The lowest BCUT2D eigenvalue weighted by Gasteiger charge is -2.12. The first kappa shape index (κ1) is 17.1. The molecule has 1 amide bonds. The van der Waals surface area contributed by atoms with Gasteiger partial charge in [-0.25, -0.2) is 9.97 Å². The van der Waals surface area contributed by atoms with E-state index in [1.807, 2.05) is 19.0 Å². The normalized spacial score (nSPS) is 10.7. The molecule has 0 fully saturated rings. The number of hydrogen-bond donors (Lipinski definition) is 1. The topological polar surface area (TPSA) is 58.1 Å². The van der Waals surface area contributed by atoms with Crippen molar-refractivity contribution in [2.45, 2.75) is 17.2 Å². The molecule has 0 aliphatic heterocycles. The van der Waals surface area contributed by atoms with Gasteiger partial charge in [0, 0.05) is 25.2 Å². The minimum atomic E-state index is -2.58. The summed E-state index contributed by atoms with van der Waals surface area (Å²) in [5.41, 5.74) is 0.210. The average Bonchev–Trinajstić information content (AvgIpc) is 2.53. The summed E-state index contributed by atoms with van der Waals surface area (Å²) >= 11 is 0.349. The minimum absolute atomic E-state index is 0.119. The van der Waals surface area contributed by atoms with Crippen LogP contribution in [0.15, 0.2) is 41.4 Å². The molecule has 0 radical (unpaired) electrons. The number of nitrogens with one attached hydrogen (secondary N) is 1. The van der Waals surface area contributed by atoms with E-state index in [4.69, 9.17) is 0 Å². The van der Waals surface area contributed by atoms with Crippen LogP contribution in [0.2, 0.25) is 0 Å². The number of halogens is 2. The maximum atomic E-state index is 12.5. The van der Waals surface area contributed by atoms with Crippen LogP contribution in [0.5, 0.6) is 0 Å². The molecular weight excluding hydrogens is 322 g/mol. The van der Waals surface area contributed by atoms with Gasteiger partial charge in [0.05, 0.1) is 12.1 Å². The molecule has 0 saturated carbocycles. The van der Waals surface area contributed by atoms with Crippen LogP contribution in [0.25, 0.3) is 0 Å². The van der Waals surface area contributed by atoms with Crippen molar-refractivity contribution in [2.75, 3.05) is 19.0 Å². The van der Waals surface area contributed by atoms with Crippen LogP contribution in [-0.4, -0.2) is 35.7 Å². The summed E-state index contributed by atoms with van der Waals surface area (Å²) in [7, 11) is 3.70. The number of aromatic nitrogens is 2. The predicted molar refractivity (Wildman–Crippen MR) is 85.8 cm³/mol. The summed E-state index contributed by atoms with van der Waals surface area (Å²) in [4.78, 5) is 22.6. The number of carbonyl (C=O) groups excluding carboxylic acids is 1. The summed E-state index contributed by atoms with van der Waals surface area (Å²) in [5.74, 6) is -1.85. The van der Waals surface area contributed by atoms with Gasteiger partial charge in [-0.1, -0.05) is 23.9 Å². The van der Waals surface area contributed by atoms with E-state index in [2.05, 4.69) is 15.3 Å². The molecule has 0 spiro atoms. The maximum Gasteiger partial charge on any atom is 0.288 e. The van der Waals surface area contributed by atoms with E-state index in [0.717, 1.165) is 5.82 Å². The first-order chi connectivity index (χ1) is 11.0. The van der Waals surface area contributed by atoms with Crippen LogP contribution in [0, 0.1) is 0 Å². The Kier molecular flexibility index (Phi) is 5.86. The van der Waals surface area contributed by atoms with E-state index in [-0.39, 0.29) is 17.0 Å². The Labute approximate surface area is 137 Å². The molecule has 0 bridgehead atoms. The Morgan fingerprint density at radius 2 is 2.04 bits per heavy atom. The van der Waals surface area contributed by atoms with E-state index in [9.17, 15) is 13.6 Å². The molecule has 0 saturated heterocycles. The Hall–Kier alpha value is -2.22. The molecule has 8 heteroatoms. The van der Waals surface area contributed by atoms with Gasteiger partial charge in [-0.3, -0.25) is 4.79 Å². The molecule has 1 heterocycles. The van der Waals surface area contributed by atoms with Crippen molar-refractivity contribution in [3.63, 3.8) is 0 Å². The van der Waals surface area contributed by atoms with Crippen molar-refractivity contribution >= 4 is 23.5 Å². The summed E-state index contributed by atoms with van der Waals surface area (Å²) in [5, 5.41) is 2.65. The Morgan fingerprint density at radius 3 is 2.74 bits per heavy atom. The summed E-state index contributed by atoms with van der Waals surface area (Å²) in [6, 6.07) is 8.00. The number of alkyl halides is 2. The minimum Gasteiger partial charge on any atom is -0.363 e. The zero-order valence-corrected chi connectivity index (χ0v) is 13.5. The van der Waals surface area contributed by atoms with Crippen molar-refractivity contribution in [1.29, 1.82) is 0 Å². The van der Waals surface area contributed by atoms with Crippen molar-refractivity contribution in [3.05, 3.63) is 47.9 Å². The molecular formula is C15H16F2N4OS. The average molecular weight is 338 g/mol. The van der Waals surface area contributed by atoms with Gasteiger partial charge < -0.3 is 10.2 Å². The van der Waals surface area contributed by atoms with E-state index in [0.29, 0.717) is 17.6 Å². The number of nitrogens with zero attached hydrogens (tertiary/aromatic N) is 3. The maximum absolute atomic E-state index is 12.5. The first-order valence-electron chi connectivity index (χ1n) is 6.78. The van der Waals surface area contributed by atoms with Crippen LogP contribution in [0.4, 0.5) is 14.6 Å². The molecule has 0 aliphatic rings. The number of benzene rings is 1. The fourth-order valence-electron chi connectivity index (χ4n) is 1.83. The highest BCUT2D eigenvalue weighted by Gasteiger charge is 2.15. The number of thioether (sulfide) groups is 1. The van der Waals surface area contributed by atoms with Crippen LogP contribution in [-0.2, 0) is 6.54 Å². The standard InChI is InChI=1S/C15H16F2N4OS/c1-21(2)13-7-8-18-12(20-13)9-19-14(22)10-5-3-4-6-11(10)23-15(16)17/h3-8,15H,9H2,1-2H3,(H,19,22). The Morgan fingerprint density at radius 1 is 1.30 bits per heavy atom. The molecule has 0 atom stereocenters. The quantitative estimate of drug-likeness (QED) is 0.821. The van der Waals surface area contributed by atoms with Gasteiger partial charge in [-0.05, 0) is 18.2 Å². The smallest absolute Gasteiger partial charge is 0.288 e. The largest absolute Gasteiger partial charge is 0.363 e. The van der Waals surface area contributed by atoms with Gasteiger partial charge in [0.1, 0.15) is 11.6 Å². The van der Waals surface area contributed by atoms with Crippen LogP contribution >= 0.6 is 11.8 Å². The molecule has 2 aromatic rings. The summed E-state index contributed by atoms with van der Waals surface area (Å²) in [6.07, 6.45) is 1.60. The van der Waals surface area contributed by atoms with Gasteiger partial charge in [-0.15, -0.1) is 0 Å². The molecule has 23 heavy (non-hydrogen) atoms. The molecule has 2 rings (SSSR count).